The Morgan fingerprint density at radius 1 is 0.900 bits per heavy atom. The van der Waals surface area contributed by atoms with Gasteiger partial charge in [0, 0.05) is 6.61 Å². The van der Waals surface area contributed by atoms with Gasteiger partial charge in [-0.25, -0.2) is 0 Å². The smallest absolute Gasteiger partial charge is 0.123 e. The molecule has 0 aliphatic heterocycles. The van der Waals surface area contributed by atoms with Gasteiger partial charge in [-0.05, 0) is 40.4 Å². The highest BCUT2D eigenvalue weighted by molar-refractivity contribution is 5.49. The lowest BCUT2D eigenvalue weighted by molar-refractivity contribution is 0.288. The van der Waals surface area contributed by atoms with Gasteiger partial charge in [-0.15, -0.1) is 0 Å². The van der Waals surface area contributed by atoms with E-state index in [-0.39, 0.29) is 24.9 Å². The van der Waals surface area contributed by atoms with E-state index in [2.05, 4.69) is 53.7 Å². The van der Waals surface area contributed by atoms with E-state index >= 15 is 0 Å². The number of aliphatic hydroxyl groups excluding tert-OH is 1. The summed E-state index contributed by atoms with van der Waals surface area (Å²) in [7, 11) is 0. The van der Waals surface area contributed by atoms with E-state index in [9.17, 15) is 5.11 Å². The van der Waals surface area contributed by atoms with Gasteiger partial charge in [0.05, 0.1) is 0 Å². The van der Waals surface area contributed by atoms with Crippen molar-refractivity contribution in [3.8, 4) is 5.75 Å². The summed E-state index contributed by atoms with van der Waals surface area (Å²) in [6.07, 6.45) is 1.61. The highest BCUT2D eigenvalue weighted by Crippen LogP contribution is 2.39. The lowest BCUT2D eigenvalue weighted by Crippen LogP contribution is -2.18. The van der Waals surface area contributed by atoms with E-state index in [0.717, 1.165) is 24.0 Å². The maximum absolute atomic E-state index is 10.6. The van der Waals surface area contributed by atoms with Crippen molar-refractivity contribution in [1.82, 2.24) is 0 Å². The molecule has 0 radical (unpaired) electrons. The molecular weight excluding hydrogens is 248 g/mol. The predicted octanol–water partition coefficient (Wildman–Crippen LogP) is 4.55. The van der Waals surface area contributed by atoms with E-state index in [1.807, 2.05) is 0 Å². The molecule has 0 unspecified atom stereocenters. The fraction of sp³-hybridized carbons (Fsp3) is 0.667. The van der Waals surface area contributed by atoms with Crippen LogP contribution >= 0.6 is 0 Å². The monoisotopic (exact) mass is 280 g/mol. The van der Waals surface area contributed by atoms with Gasteiger partial charge in [-0.1, -0.05) is 61.1 Å². The zero-order valence-electron chi connectivity index (χ0n) is 13.2. The largest absolute Gasteiger partial charge is 0.507 e. The Morgan fingerprint density at radius 2 is 1.30 bits per heavy atom. The number of hydrogen-bond donors (Lipinski definition) is 2. The Morgan fingerprint density at radius 3 is 1.60 bits per heavy atom. The molecule has 2 nitrogen and oxygen atoms in total. The lowest BCUT2D eigenvalue weighted by atomic mass is 9.78. The SMILES string of the molecule is C.CC(C)(C)c1cc(CCCO)cc(C(C)(C)C)c1O. The summed E-state index contributed by atoms with van der Waals surface area (Å²) in [6.45, 7) is 12.9. The molecule has 1 aromatic rings. The number of aliphatic hydroxyl groups is 1. The van der Waals surface area contributed by atoms with Crippen LogP contribution in [0.1, 0.15) is 72.1 Å². The molecule has 0 saturated carbocycles. The quantitative estimate of drug-likeness (QED) is 0.853. The molecule has 0 aliphatic carbocycles. The van der Waals surface area contributed by atoms with Gasteiger partial charge in [-0.3, -0.25) is 0 Å². The third kappa shape index (κ3) is 4.52. The van der Waals surface area contributed by atoms with Crippen LogP contribution in [-0.2, 0) is 17.3 Å². The first-order chi connectivity index (χ1) is 8.57. The average Bonchev–Trinajstić information content (AvgIpc) is 2.24. The summed E-state index contributed by atoms with van der Waals surface area (Å²) in [4.78, 5) is 0. The number of aryl methyl sites for hydroxylation is 1. The van der Waals surface area contributed by atoms with Crippen LogP contribution in [-0.4, -0.2) is 16.8 Å². The zero-order chi connectivity index (χ0) is 14.8. The molecule has 0 amide bonds. The van der Waals surface area contributed by atoms with Gasteiger partial charge in [0.2, 0.25) is 0 Å². The molecule has 0 spiro atoms. The van der Waals surface area contributed by atoms with Crippen molar-refractivity contribution in [3.05, 3.63) is 28.8 Å². The second kappa shape index (κ2) is 6.62. The molecule has 0 aromatic heterocycles. The van der Waals surface area contributed by atoms with Crippen molar-refractivity contribution >= 4 is 0 Å². The van der Waals surface area contributed by atoms with Gasteiger partial charge < -0.3 is 10.2 Å². The average molecular weight is 280 g/mol. The van der Waals surface area contributed by atoms with Crippen LogP contribution in [0.25, 0.3) is 0 Å². The summed E-state index contributed by atoms with van der Waals surface area (Å²) in [5, 5.41) is 19.6. The number of benzene rings is 1. The highest BCUT2D eigenvalue weighted by atomic mass is 16.3. The first kappa shape index (κ1) is 19.0. The lowest BCUT2D eigenvalue weighted by Gasteiger charge is -2.28. The molecule has 0 atom stereocenters. The predicted molar refractivity (Wildman–Crippen MR) is 87.6 cm³/mol. The third-order valence-electron chi connectivity index (χ3n) is 3.41. The van der Waals surface area contributed by atoms with Crippen LogP contribution in [0.5, 0.6) is 5.75 Å². The minimum absolute atomic E-state index is 0. The normalized spacial score (nSPS) is 12.2. The molecule has 0 heterocycles. The van der Waals surface area contributed by atoms with Crippen LogP contribution in [0, 0.1) is 0 Å². The number of rotatable bonds is 3. The van der Waals surface area contributed by atoms with Crippen LogP contribution in [0.3, 0.4) is 0 Å². The zero-order valence-corrected chi connectivity index (χ0v) is 13.2. The standard InChI is InChI=1S/C17H28O2.CH4/c1-16(2,3)13-10-12(8-7-9-18)11-14(15(13)19)17(4,5)6;/h10-11,18-19H,7-9H2,1-6H3;1H4. The minimum atomic E-state index is -0.0840. The molecular formula is C18H32O2. The second-order valence-corrected chi connectivity index (χ2v) is 7.37. The van der Waals surface area contributed by atoms with Crippen molar-refractivity contribution in [1.29, 1.82) is 0 Å². The van der Waals surface area contributed by atoms with Crippen LogP contribution < -0.4 is 0 Å². The maximum atomic E-state index is 10.6. The molecule has 1 rings (SSSR count). The minimum Gasteiger partial charge on any atom is -0.507 e. The van der Waals surface area contributed by atoms with E-state index < -0.39 is 0 Å². The van der Waals surface area contributed by atoms with Crippen molar-refractivity contribution < 1.29 is 10.2 Å². The molecule has 0 aliphatic rings. The Kier molecular flexibility index (Phi) is 6.28. The van der Waals surface area contributed by atoms with Crippen molar-refractivity contribution in [2.75, 3.05) is 6.61 Å². The van der Waals surface area contributed by atoms with E-state index in [1.54, 1.807) is 0 Å². The number of aromatic hydroxyl groups is 1. The van der Waals surface area contributed by atoms with Gasteiger partial charge in [0.15, 0.2) is 0 Å². The maximum Gasteiger partial charge on any atom is 0.123 e. The van der Waals surface area contributed by atoms with E-state index in [4.69, 9.17) is 5.11 Å². The van der Waals surface area contributed by atoms with Gasteiger partial charge in [-0.2, -0.15) is 0 Å². The van der Waals surface area contributed by atoms with Crippen molar-refractivity contribution in [3.63, 3.8) is 0 Å². The van der Waals surface area contributed by atoms with Crippen molar-refractivity contribution in [2.45, 2.75) is 72.6 Å². The Hall–Kier alpha value is -1.02. The van der Waals surface area contributed by atoms with Gasteiger partial charge in [0.1, 0.15) is 5.75 Å². The summed E-state index contributed by atoms with van der Waals surface area (Å²) < 4.78 is 0. The first-order valence-electron chi connectivity index (χ1n) is 7.05. The molecule has 20 heavy (non-hydrogen) atoms. The number of phenols is 1. The third-order valence-corrected chi connectivity index (χ3v) is 3.41. The van der Waals surface area contributed by atoms with Crippen LogP contribution in [0.2, 0.25) is 0 Å². The Bertz CT molecular complexity index is 399. The summed E-state index contributed by atoms with van der Waals surface area (Å²) in [5.41, 5.74) is 3.01. The molecule has 116 valence electrons. The second-order valence-electron chi connectivity index (χ2n) is 7.37. The highest BCUT2D eigenvalue weighted by Gasteiger charge is 2.26. The molecule has 0 bridgehead atoms. The van der Waals surface area contributed by atoms with E-state index in [1.165, 1.54) is 5.56 Å². The van der Waals surface area contributed by atoms with Crippen LogP contribution in [0.15, 0.2) is 12.1 Å². The molecule has 2 N–H and O–H groups in total. The van der Waals surface area contributed by atoms with Gasteiger partial charge in [0.25, 0.3) is 0 Å². The number of phenolic OH excluding ortho intramolecular Hbond substituents is 1. The molecule has 1 aromatic carbocycles. The Balaban J connectivity index is 0.00000361. The fourth-order valence-electron chi connectivity index (χ4n) is 2.27. The topological polar surface area (TPSA) is 40.5 Å². The summed E-state index contributed by atoms with van der Waals surface area (Å²) in [5.74, 6) is 0.424. The van der Waals surface area contributed by atoms with Crippen LogP contribution in [0.4, 0.5) is 0 Å². The molecule has 0 fully saturated rings. The summed E-state index contributed by atoms with van der Waals surface area (Å²) >= 11 is 0. The van der Waals surface area contributed by atoms with Gasteiger partial charge >= 0.3 is 0 Å². The molecule has 2 heteroatoms. The first-order valence-corrected chi connectivity index (χ1v) is 7.05. The summed E-state index contributed by atoms with van der Waals surface area (Å²) in [6, 6.07) is 4.17. The number of hydrogen-bond acceptors (Lipinski definition) is 2. The van der Waals surface area contributed by atoms with E-state index in [0.29, 0.717) is 5.75 Å². The van der Waals surface area contributed by atoms with Crippen molar-refractivity contribution in [2.24, 2.45) is 0 Å². The molecule has 0 saturated heterocycles. The fourth-order valence-corrected chi connectivity index (χ4v) is 2.27. The Labute approximate surface area is 124 Å².